The first-order valence-corrected chi connectivity index (χ1v) is 10.1. The Hall–Kier alpha value is -4.00. The van der Waals surface area contributed by atoms with Crippen molar-refractivity contribution in [3.63, 3.8) is 0 Å². The van der Waals surface area contributed by atoms with E-state index in [1.807, 2.05) is 36.4 Å². The maximum absolute atomic E-state index is 12.8. The molecule has 2 heterocycles. The minimum Gasteiger partial charge on any atom is -0.383 e. The van der Waals surface area contributed by atoms with Crippen LogP contribution < -0.4 is 11.1 Å². The lowest BCUT2D eigenvalue weighted by Crippen LogP contribution is -2.24. The van der Waals surface area contributed by atoms with Crippen molar-refractivity contribution in [2.24, 2.45) is 5.10 Å². The molecule has 2 aromatic heterocycles. The lowest BCUT2D eigenvalue weighted by Gasteiger charge is -2.05. The van der Waals surface area contributed by atoms with Gasteiger partial charge < -0.3 is 11.1 Å². The molecule has 0 aliphatic heterocycles. The van der Waals surface area contributed by atoms with Gasteiger partial charge >= 0.3 is 0 Å². The predicted octanol–water partition coefficient (Wildman–Crippen LogP) is 4.09. The van der Waals surface area contributed by atoms with Crippen molar-refractivity contribution in [3.05, 3.63) is 77.9 Å². The van der Waals surface area contributed by atoms with Crippen molar-refractivity contribution < 1.29 is 4.79 Å². The quantitative estimate of drug-likeness (QED) is 0.368. The van der Waals surface area contributed by atoms with Crippen molar-refractivity contribution in [2.45, 2.75) is 19.8 Å². The van der Waals surface area contributed by atoms with Gasteiger partial charge in [-0.15, -0.1) is 6.58 Å². The summed E-state index contributed by atoms with van der Waals surface area (Å²) in [4.78, 5) is 22.1. The van der Waals surface area contributed by atoms with Crippen LogP contribution in [0.5, 0.6) is 0 Å². The minimum absolute atomic E-state index is 0.182. The van der Waals surface area contributed by atoms with Crippen LogP contribution in [0.3, 0.4) is 0 Å². The molecule has 7 nitrogen and oxygen atoms in total. The summed E-state index contributed by atoms with van der Waals surface area (Å²) in [5.74, 6) is 0.291. The summed E-state index contributed by atoms with van der Waals surface area (Å²) in [6, 6.07) is 15.6. The molecule has 0 aliphatic rings. The molecule has 0 radical (unpaired) electrons. The fraction of sp³-hybridized carbons (Fsp3) is 0.167. The molecule has 0 atom stereocenters. The van der Waals surface area contributed by atoms with E-state index in [9.17, 15) is 4.79 Å². The second-order valence-corrected chi connectivity index (χ2v) is 7.52. The van der Waals surface area contributed by atoms with Crippen LogP contribution in [0.4, 0.5) is 5.82 Å². The third-order valence-electron chi connectivity index (χ3n) is 5.03. The molecular weight excluding hydrogens is 388 g/mol. The van der Waals surface area contributed by atoms with E-state index in [4.69, 9.17) is 5.73 Å². The Morgan fingerprint density at radius 3 is 2.48 bits per heavy atom. The second-order valence-electron chi connectivity index (χ2n) is 7.52. The molecule has 2 aromatic carbocycles. The molecular formula is C24H24N6O. The molecule has 0 fully saturated rings. The van der Waals surface area contributed by atoms with Crippen LogP contribution in [0.15, 0.2) is 66.3 Å². The first-order valence-electron chi connectivity index (χ1n) is 10.1. The molecule has 0 unspecified atom stereocenters. The Bertz CT molecular complexity index is 1300. The Balaban J connectivity index is 1.85. The summed E-state index contributed by atoms with van der Waals surface area (Å²) < 4.78 is 1.47. The predicted molar refractivity (Wildman–Crippen MR) is 125 cm³/mol. The van der Waals surface area contributed by atoms with Gasteiger partial charge in [-0.3, -0.25) is 4.79 Å². The molecule has 4 aromatic rings. The van der Waals surface area contributed by atoms with Crippen molar-refractivity contribution in [1.82, 2.24) is 20.0 Å². The summed E-state index contributed by atoms with van der Waals surface area (Å²) in [6.45, 7) is 8.25. The summed E-state index contributed by atoms with van der Waals surface area (Å²) in [5.41, 5.74) is 11.0. The lowest BCUT2D eigenvalue weighted by atomic mass is 10.0. The SMILES string of the molecule is C=CCNC(=O)c1c(N)n(/N=C/c2ccc(C(C)C)cc2)c2nc3ccccc3nc12. The van der Waals surface area contributed by atoms with Gasteiger partial charge in [0.25, 0.3) is 5.91 Å². The van der Waals surface area contributed by atoms with Crippen LogP contribution in [0.2, 0.25) is 0 Å². The number of fused-ring (bicyclic) bond motifs is 2. The average molecular weight is 412 g/mol. The zero-order valence-corrected chi connectivity index (χ0v) is 17.5. The highest BCUT2D eigenvalue weighted by Gasteiger charge is 2.23. The van der Waals surface area contributed by atoms with Crippen LogP contribution in [-0.4, -0.2) is 33.3 Å². The molecule has 0 spiro atoms. The zero-order chi connectivity index (χ0) is 22.0. The highest BCUT2D eigenvalue weighted by molar-refractivity contribution is 6.10. The van der Waals surface area contributed by atoms with E-state index in [-0.39, 0.29) is 17.3 Å². The van der Waals surface area contributed by atoms with Gasteiger partial charge in [0.2, 0.25) is 0 Å². The largest absolute Gasteiger partial charge is 0.383 e. The third-order valence-corrected chi connectivity index (χ3v) is 5.03. The number of benzene rings is 2. The summed E-state index contributed by atoms with van der Waals surface area (Å²) >= 11 is 0. The normalized spacial score (nSPS) is 11.6. The number of nitrogens with one attached hydrogen (secondary N) is 1. The zero-order valence-electron chi connectivity index (χ0n) is 17.5. The van der Waals surface area contributed by atoms with Gasteiger partial charge in [0, 0.05) is 6.54 Å². The van der Waals surface area contributed by atoms with E-state index in [1.54, 1.807) is 12.3 Å². The number of carbonyl (C=O) groups is 1. The van der Waals surface area contributed by atoms with E-state index >= 15 is 0 Å². The standard InChI is InChI=1S/C24H24N6O/c1-4-13-26-24(31)20-21-23(29-19-8-6-5-7-18(19)28-21)30(22(20)25)27-14-16-9-11-17(12-10-16)15(2)3/h4-12,14-15H,1,13,25H2,2-3H3,(H,26,31)/b27-14+. The molecule has 7 heteroatoms. The summed E-state index contributed by atoms with van der Waals surface area (Å²) in [7, 11) is 0. The number of para-hydroxylation sites is 2. The number of hydrogen-bond acceptors (Lipinski definition) is 5. The Kier molecular flexibility index (Phi) is 5.49. The molecule has 1 amide bonds. The fourth-order valence-corrected chi connectivity index (χ4v) is 3.33. The maximum Gasteiger partial charge on any atom is 0.257 e. The molecule has 4 rings (SSSR count). The molecule has 0 aliphatic carbocycles. The van der Waals surface area contributed by atoms with Crippen LogP contribution >= 0.6 is 0 Å². The average Bonchev–Trinajstić information content (AvgIpc) is 3.04. The van der Waals surface area contributed by atoms with Gasteiger partial charge in [-0.2, -0.15) is 9.78 Å². The molecule has 0 bridgehead atoms. The third kappa shape index (κ3) is 3.90. The summed E-state index contributed by atoms with van der Waals surface area (Å²) in [5, 5.41) is 7.30. The molecule has 0 saturated heterocycles. The summed E-state index contributed by atoms with van der Waals surface area (Å²) in [6.07, 6.45) is 3.30. The number of hydrogen-bond donors (Lipinski definition) is 2. The van der Waals surface area contributed by atoms with Gasteiger partial charge in [0.15, 0.2) is 5.65 Å². The van der Waals surface area contributed by atoms with Crippen LogP contribution in [0.1, 0.15) is 41.3 Å². The molecule has 156 valence electrons. The van der Waals surface area contributed by atoms with Crippen molar-refractivity contribution in [1.29, 1.82) is 0 Å². The monoisotopic (exact) mass is 412 g/mol. The highest BCUT2D eigenvalue weighted by Crippen LogP contribution is 2.27. The van der Waals surface area contributed by atoms with E-state index in [1.165, 1.54) is 10.2 Å². The van der Waals surface area contributed by atoms with Crippen LogP contribution in [0.25, 0.3) is 22.2 Å². The van der Waals surface area contributed by atoms with Gasteiger partial charge in [0.1, 0.15) is 16.9 Å². The van der Waals surface area contributed by atoms with Crippen molar-refractivity contribution in [2.75, 3.05) is 12.3 Å². The first-order chi connectivity index (χ1) is 15.0. The smallest absolute Gasteiger partial charge is 0.257 e. The number of nitrogens with two attached hydrogens (primary N) is 1. The number of rotatable bonds is 6. The number of nitrogen functional groups attached to an aromatic ring is 1. The van der Waals surface area contributed by atoms with Gasteiger partial charge in [-0.05, 0) is 29.2 Å². The van der Waals surface area contributed by atoms with Crippen molar-refractivity contribution >= 4 is 40.1 Å². The van der Waals surface area contributed by atoms with Gasteiger partial charge in [-0.25, -0.2) is 9.97 Å². The number of carbonyl (C=O) groups excluding carboxylic acids is 1. The van der Waals surface area contributed by atoms with E-state index < -0.39 is 0 Å². The van der Waals surface area contributed by atoms with Crippen LogP contribution in [0, 0.1) is 0 Å². The first kappa shape index (κ1) is 20.3. The van der Waals surface area contributed by atoms with Crippen LogP contribution in [-0.2, 0) is 0 Å². The minimum atomic E-state index is -0.345. The Labute approximate surface area is 180 Å². The number of aromatic nitrogens is 3. The number of nitrogens with zero attached hydrogens (tertiary/aromatic N) is 4. The number of anilines is 1. The van der Waals surface area contributed by atoms with E-state index in [0.717, 1.165) is 5.56 Å². The Morgan fingerprint density at radius 2 is 1.84 bits per heavy atom. The van der Waals surface area contributed by atoms with Gasteiger partial charge in [0.05, 0.1) is 17.2 Å². The molecule has 31 heavy (non-hydrogen) atoms. The van der Waals surface area contributed by atoms with Gasteiger partial charge in [-0.1, -0.05) is 56.3 Å². The van der Waals surface area contributed by atoms with E-state index in [0.29, 0.717) is 34.7 Å². The molecule has 3 N–H and O–H groups in total. The lowest BCUT2D eigenvalue weighted by molar-refractivity contribution is 0.0960. The topological polar surface area (TPSA) is 98.2 Å². The fourth-order valence-electron chi connectivity index (χ4n) is 3.33. The maximum atomic E-state index is 12.8. The molecule has 0 saturated carbocycles. The van der Waals surface area contributed by atoms with E-state index in [2.05, 4.69) is 52.9 Å². The number of amides is 1. The van der Waals surface area contributed by atoms with Crippen molar-refractivity contribution in [3.8, 4) is 0 Å². The highest BCUT2D eigenvalue weighted by atomic mass is 16.1. The second kappa shape index (κ2) is 8.39. The Morgan fingerprint density at radius 1 is 1.16 bits per heavy atom.